The van der Waals surface area contributed by atoms with Gasteiger partial charge in [-0.2, -0.15) is 0 Å². The third-order valence-corrected chi connectivity index (χ3v) is 0.682. The molecule has 3 nitrogen and oxygen atoms in total. The molecule has 0 aromatic heterocycles. The van der Waals surface area contributed by atoms with E-state index in [9.17, 15) is 9.59 Å². The van der Waals surface area contributed by atoms with E-state index in [4.69, 9.17) is 23.2 Å². The van der Waals surface area contributed by atoms with Crippen molar-refractivity contribution in [3.8, 4) is 0 Å². The summed E-state index contributed by atoms with van der Waals surface area (Å²) >= 11 is 9.53. The van der Waals surface area contributed by atoms with Gasteiger partial charge in [-0.15, -0.1) is 23.2 Å². The van der Waals surface area contributed by atoms with Crippen LogP contribution in [0.25, 0.3) is 0 Å². The summed E-state index contributed by atoms with van der Waals surface area (Å²) in [7, 11) is 1.40. The van der Waals surface area contributed by atoms with Crippen LogP contribution in [0.4, 0.5) is 0 Å². The molecule has 0 rings (SSSR count). The highest BCUT2D eigenvalue weighted by Crippen LogP contribution is 1.86. The second kappa shape index (κ2) is 18.5. The van der Waals surface area contributed by atoms with Crippen molar-refractivity contribution in [2.45, 2.75) is 33.6 Å². The minimum absolute atomic E-state index is 0.123. The van der Waals surface area contributed by atoms with Gasteiger partial charge in [0, 0.05) is 6.42 Å². The van der Waals surface area contributed by atoms with Gasteiger partial charge in [0.1, 0.15) is 5.78 Å². The van der Waals surface area contributed by atoms with E-state index in [2.05, 4.69) is 4.74 Å². The lowest BCUT2D eigenvalue weighted by Gasteiger charge is -1.91. The Morgan fingerprint density at radius 2 is 1.50 bits per heavy atom. The summed E-state index contributed by atoms with van der Waals surface area (Å²) in [6.45, 7) is 5.00. The molecule has 14 heavy (non-hydrogen) atoms. The Balaban J connectivity index is -0.000000147. The molecule has 0 saturated carbocycles. The molecule has 0 aliphatic carbocycles. The van der Waals surface area contributed by atoms with Crippen LogP contribution in [0.2, 0.25) is 0 Å². The molecule has 0 aliphatic heterocycles. The molecule has 0 N–H and O–H groups in total. The predicted molar refractivity (Wildman–Crippen MR) is 59.9 cm³/mol. The summed E-state index contributed by atoms with van der Waals surface area (Å²) < 4.78 is 4.35. The fourth-order valence-corrected chi connectivity index (χ4v) is 0.306. The molecule has 0 aliphatic rings. The Kier molecular flexibility index (Phi) is 25.5. The third-order valence-electron chi connectivity index (χ3n) is 0.682. The van der Waals surface area contributed by atoms with Gasteiger partial charge in [-0.25, -0.2) is 0 Å². The van der Waals surface area contributed by atoms with Crippen LogP contribution in [0.5, 0.6) is 0 Å². The van der Waals surface area contributed by atoms with Gasteiger partial charge in [-0.3, -0.25) is 4.79 Å². The van der Waals surface area contributed by atoms with Crippen LogP contribution < -0.4 is 0 Å². The number of halogens is 2. The van der Waals surface area contributed by atoms with Crippen molar-refractivity contribution >= 4 is 35.0 Å². The van der Waals surface area contributed by atoms with Crippen LogP contribution in [-0.2, 0) is 14.3 Å². The fourth-order valence-electron chi connectivity index (χ4n) is 0.306. The van der Waals surface area contributed by atoms with Crippen molar-refractivity contribution in [2.24, 2.45) is 0 Å². The largest absolute Gasteiger partial charge is 0.469 e. The van der Waals surface area contributed by atoms with Crippen LogP contribution in [0.15, 0.2) is 0 Å². The topological polar surface area (TPSA) is 43.4 Å². The standard InChI is InChI=1S/C5H10O2.C3H6O.CH2Cl2/c1-3-4-5(6)7-2;1-3(2)4;2-1-3/h3-4H2,1-2H3;1-2H3;1H2. The Hall–Kier alpha value is -0.280. The summed E-state index contributed by atoms with van der Waals surface area (Å²) in [5.74, 6) is 0.0440. The second-order valence-corrected chi connectivity index (χ2v) is 3.14. The maximum Gasteiger partial charge on any atom is 0.305 e. The summed E-state index contributed by atoms with van der Waals surface area (Å²) in [6.07, 6.45) is 1.41. The molecule has 86 valence electrons. The minimum Gasteiger partial charge on any atom is -0.469 e. The molecule has 5 heteroatoms. The second-order valence-electron chi connectivity index (χ2n) is 2.34. The maximum absolute atomic E-state index is 10.2. The van der Waals surface area contributed by atoms with E-state index in [0.717, 1.165) is 6.42 Å². The maximum atomic E-state index is 10.2. The summed E-state index contributed by atoms with van der Waals surface area (Å²) in [4.78, 5) is 19.6. The molecule has 0 spiro atoms. The molecule has 0 heterocycles. The molecule has 0 saturated heterocycles. The minimum atomic E-state index is -0.123. The monoisotopic (exact) mass is 244 g/mol. The highest BCUT2D eigenvalue weighted by Gasteiger charge is 1.92. The lowest BCUT2D eigenvalue weighted by Crippen LogP contribution is -1.97. The van der Waals surface area contributed by atoms with Crippen molar-refractivity contribution < 1.29 is 14.3 Å². The van der Waals surface area contributed by atoms with Gasteiger partial charge in [0.15, 0.2) is 0 Å². The van der Waals surface area contributed by atoms with Crippen molar-refractivity contribution in [2.75, 3.05) is 12.4 Å². The molecule has 0 fully saturated rings. The predicted octanol–water partition coefficient (Wildman–Crippen LogP) is 2.98. The molecule has 0 radical (unpaired) electrons. The summed E-state index contributed by atoms with van der Waals surface area (Å²) in [5, 5.41) is 0.194. The fraction of sp³-hybridized carbons (Fsp3) is 0.778. The van der Waals surface area contributed by atoms with Gasteiger partial charge < -0.3 is 9.53 Å². The number of Topliss-reactive ketones (excluding diaryl/α,β-unsaturated/α-hetero) is 1. The number of carbonyl (C=O) groups excluding carboxylic acids is 2. The normalized spacial score (nSPS) is 7.29. The first-order chi connectivity index (χ1) is 6.45. The quantitative estimate of drug-likeness (QED) is 0.554. The van der Waals surface area contributed by atoms with Crippen LogP contribution >= 0.6 is 23.2 Å². The van der Waals surface area contributed by atoms with E-state index in [1.165, 1.54) is 21.0 Å². The number of hydrogen-bond donors (Lipinski definition) is 0. The van der Waals surface area contributed by atoms with E-state index < -0.39 is 0 Å². The van der Waals surface area contributed by atoms with E-state index in [1.54, 1.807) is 0 Å². The summed E-state index contributed by atoms with van der Waals surface area (Å²) in [5.41, 5.74) is 0. The van der Waals surface area contributed by atoms with E-state index in [1.807, 2.05) is 6.92 Å². The van der Waals surface area contributed by atoms with E-state index in [-0.39, 0.29) is 17.1 Å². The SMILES string of the molecule is CC(C)=O.CCCC(=O)OC.ClCCl. The first-order valence-electron chi connectivity index (χ1n) is 4.12. The number of methoxy groups -OCH3 is 1. The number of alkyl halides is 2. The Labute approximate surface area is 95.7 Å². The lowest BCUT2D eigenvalue weighted by molar-refractivity contribution is -0.140. The average Bonchev–Trinajstić information content (AvgIpc) is 2.05. The Bertz CT molecular complexity index is 134. The van der Waals surface area contributed by atoms with Gasteiger partial charge in [0.2, 0.25) is 0 Å². The Morgan fingerprint density at radius 1 is 1.21 bits per heavy atom. The zero-order chi connectivity index (χ0) is 12.0. The van der Waals surface area contributed by atoms with Gasteiger partial charge in [-0.05, 0) is 20.3 Å². The molecule has 0 bridgehead atoms. The molecular formula is C9H18Cl2O3. The number of ether oxygens (including phenoxy) is 1. The first-order valence-corrected chi connectivity index (χ1v) is 5.18. The van der Waals surface area contributed by atoms with Crippen molar-refractivity contribution in [3.05, 3.63) is 0 Å². The molecular weight excluding hydrogens is 227 g/mol. The number of hydrogen-bond acceptors (Lipinski definition) is 3. The zero-order valence-electron chi connectivity index (χ0n) is 9.10. The van der Waals surface area contributed by atoms with Crippen molar-refractivity contribution in [3.63, 3.8) is 0 Å². The number of ketones is 1. The zero-order valence-corrected chi connectivity index (χ0v) is 10.6. The molecule has 0 atom stereocenters. The van der Waals surface area contributed by atoms with Crippen LogP contribution in [0.1, 0.15) is 33.6 Å². The van der Waals surface area contributed by atoms with Gasteiger partial charge in [-0.1, -0.05) is 6.92 Å². The molecule has 0 amide bonds. The van der Waals surface area contributed by atoms with Gasteiger partial charge in [0.05, 0.1) is 12.4 Å². The molecule has 0 aromatic carbocycles. The molecule has 0 unspecified atom stereocenters. The highest BCUT2D eigenvalue weighted by atomic mass is 35.5. The highest BCUT2D eigenvalue weighted by molar-refractivity contribution is 6.40. The van der Waals surface area contributed by atoms with Crippen molar-refractivity contribution in [1.29, 1.82) is 0 Å². The number of rotatable bonds is 2. The Morgan fingerprint density at radius 3 is 1.57 bits per heavy atom. The van der Waals surface area contributed by atoms with E-state index in [0.29, 0.717) is 6.42 Å². The number of esters is 1. The van der Waals surface area contributed by atoms with E-state index >= 15 is 0 Å². The number of carbonyl (C=O) groups is 2. The smallest absolute Gasteiger partial charge is 0.305 e. The lowest BCUT2D eigenvalue weighted by atomic mass is 10.3. The summed E-state index contributed by atoms with van der Waals surface area (Å²) in [6, 6.07) is 0. The average molecular weight is 245 g/mol. The van der Waals surface area contributed by atoms with Gasteiger partial charge in [0.25, 0.3) is 0 Å². The van der Waals surface area contributed by atoms with Crippen LogP contribution in [0, 0.1) is 0 Å². The van der Waals surface area contributed by atoms with Gasteiger partial charge >= 0.3 is 5.97 Å². The third kappa shape index (κ3) is 60.5. The van der Waals surface area contributed by atoms with Crippen molar-refractivity contribution in [1.82, 2.24) is 0 Å². The molecule has 0 aromatic rings. The van der Waals surface area contributed by atoms with Crippen LogP contribution in [0.3, 0.4) is 0 Å². The van der Waals surface area contributed by atoms with Crippen LogP contribution in [-0.4, -0.2) is 24.2 Å². The first kappa shape index (κ1) is 19.3.